The molecule has 8 nitrogen and oxygen atoms in total. The molecule has 1 aliphatic carbocycles. The van der Waals surface area contributed by atoms with Crippen LogP contribution in [0.15, 0.2) is 78.1 Å². The average molecular weight is 684 g/mol. The Morgan fingerprint density at radius 1 is 1.04 bits per heavy atom. The van der Waals surface area contributed by atoms with Crippen molar-refractivity contribution >= 4 is 23.2 Å². The molecule has 3 aliphatic rings. The Hall–Kier alpha value is -4.93. The van der Waals surface area contributed by atoms with Gasteiger partial charge >= 0.3 is 0 Å². The monoisotopic (exact) mass is 683 g/mol. The number of rotatable bonds is 9. The second kappa shape index (κ2) is 13.4. The van der Waals surface area contributed by atoms with E-state index >= 15 is 0 Å². The van der Waals surface area contributed by atoms with Crippen molar-refractivity contribution in [3.63, 3.8) is 0 Å². The smallest absolute Gasteiger partial charge is 0.250 e. The lowest BCUT2D eigenvalue weighted by atomic mass is 9.73. The van der Waals surface area contributed by atoms with E-state index in [4.69, 9.17) is 4.42 Å². The second-order valence-electron chi connectivity index (χ2n) is 14.2. The van der Waals surface area contributed by atoms with Gasteiger partial charge in [0.1, 0.15) is 11.9 Å². The van der Waals surface area contributed by atoms with Gasteiger partial charge in [0, 0.05) is 49.8 Å². The zero-order chi connectivity index (χ0) is 35.2. The lowest BCUT2D eigenvalue weighted by Gasteiger charge is -2.41. The van der Waals surface area contributed by atoms with E-state index in [2.05, 4.69) is 53.0 Å². The van der Waals surface area contributed by atoms with E-state index in [1.165, 1.54) is 23.8 Å². The Bertz CT molecular complexity index is 1920. The van der Waals surface area contributed by atoms with Gasteiger partial charge < -0.3 is 19.5 Å². The number of piperidine rings is 1. The number of nitrogens with zero attached hydrogens (tertiary/aromatic N) is 4. The summed E-state index contributed by atoms with van der Waals surface area (Å²) in [6.07, 6.45) is 5.11. The van der Waals surface area contributed by atoms with Gasteiger partial charge in [0.25, 0.3) is 0 Å². The molecule has 2 amide bonds. The quantitative estimate of drug-likeness (QED) is 0.187. The number of benzene rings is 3. The van der Waals surface area contributed by atoms with Crippen LogP contribution in [0.2, 0.25) is 0 Å². The molecule has 1 N–H and O–H groups in total. The van der Waals surface area contributed by atoms with E-state index in [1.54, 1.807) is 6.07 Å². The third kappa shape index (κ3) is 6.29. The lowest BCUT2D eigenvalue weighted by molar-refractivity contribution is -0.122. The van der Waals surface area contributed by atoms with Gasteiger partial charge in [0.15, 0.2) is 11.6 Å². The number of fused-ring (bicyclic) bond motifs is 3. The molecule has 0 unspecified atom stereocenters. The highest BCUT2D eigenvalue weighted by Gasteiger charge is 2.46. The molecule has 260 valence electrons. The molecular weight excluding hydrogens is 643 g/mol. The zero-order valence-corrected chi connectivity index (χ0v) is 28.2. The molecule has 1 saturated heterocycles. The van der Waals surface area contributed by atoms with Crippen LogP contribution in [0, 0.1) is 23.4 Å². The van der Waals surface area contributed by atoms with Crippen molar-refractivity contribution in [1.82, 2.24) is 15.5 Å². The van der Waals surface area contributed by atoms with Gasteiger partial charge in [-0.1, -0.05) is 32.6 Å². The summed E-state index contributed by atoms with van der Waals surface area (Å²) in [6, 6.07) is 14.1. The molecule has 0 bridgehead atoms. The van der Waals surface area contributed by atoms with Crippen LogP contribution < -0.4 is 15.1 Å². The van der Waals surface area contributed by atoms with Crippen LogP contribution >= 0.6 is 0 Å². The van der Waals surface area contributed by atoms with E-state index < -0.39 is 17.7 Å². The van der Waals surface area contributed by atoms with Crippen molar-refractivity contribution in [2.24, 2.45) is 5.92 Å². The Balaban J connectivity index is 1.07. The van der Waals surface area contributed by atoms with Gasteiger partial charge in [0.2, 0.25) is 24.1 Å². The molecule has 7 rings (SSSR count). The fourth-order valence-electron chi connectivity index (χ4n) is 8.36. The number of anilines is 2. The SMILES string of the molecule is C=CC(=O)N1C[C@H](C(C)C)c2cc(N3CCC4(CC3)C[C@@H](CC(=O)N[C@H](Cc3ccc(F)c(F)c3)c3nnco3)c3ccc(F)cc34)ccc21. The molecule has 3 atom stereocenters. The van der Waals surface area contributed by atoms with Crippen LogP contribution in [0.25, 0.3) is 0 Å². The first-order valence-electron chi connectivity index (χ1n) is 17.2. The molecule has 1 fully saturated rings. The number of hydrogen-bond acceptors (Lipinski definition) is 6. The summed E-state index contributed by atoms with van der Waals surface area (Å²) in [5.41, 5.74) is 5.37. The number of halogens is 3. The van der Waals surface area contributed by atoms with Crippen molar-refractivity contribution < 1.29 is 27.2 Å². The van der Waals surface area contributed by atoms with E-state index in [0.717, 1.165) is 67.0 Å². The maximum atomic E-state index is 14.8. The third-order valence-corrected chi connectivity index (χ3v) is 10.9. The molecule has 3 heterocycles. The summed E-state index contributed by atoms with van der Waals surface area (Å²) >= 11 is 0. The van der Waals surface area contributed by atoms with Crippen LogP contribution in [0.3, 0.4) is 0 Å². The van der Waals surface area contributed by atoms with E-state index in [9.17, 15) is 22.8 Å². The van der Waals surface area contributed by atoms with E-state index in [-0.39, 0.29) is 53.6 Å². The first-order valence-corrected chi connectivity index (χ1v) is 17.2. The second-order valence-corrected chi connectivity index (χ2v) is 14.2. The lowest BCUT2D eigenvalue weighted by Crippen LogP contribution is -2.42. The number of carbonyl (C=O) groups excluding carboxylic acids is 2. The van der Waals surface area contributed by atoms with Crippen LogP contribution in [-0.2, 0) is 21.4 Å². The predicted molar refractivity (Wildman–Crippen MR) is 183 cm³/mol. The third-order valence-electron chi connectivity index (χ3n) is 10.9. The molecule has 1 aromatic heterocycles. The van der Waals surface area contributed by atoms with Crippen molar-refractivity contribution in [1.29, 1.82) is 0 Å². The first-order chi connectivity index (χ1) is 24.0. The fraction of sp³-hybridized carbons (Fsp3) is 0.385. The topological polar surface area (TPSA) is 91.6 Å². The summed E-state index contributed by atoms with van der Waals surface area (Å²) in [6.45, 7) is 10.2. The van der Waals surface area contributed by atoms with Crippen molar-refractivity contribution in [3.8, 4) is 0 Å². The standard InChI is InChI=1S/C39H40F3N5O3/c1-4-37(49)47-21-30(23(2)3)29-19-27(7-10-35(29)47)46-13-11-39(12-14-46)20-25(28-8-6-26(40)18-31(28)39)17-36(48)44-34(38-45-43-22-50-38)16-24-5-9-32(41)33(42)15-24/h4-10,15,18-19,22-23,25,30,34H,1,11-14,16-17,20-21H2,2-3H3,(H,44,48)/t25-,30-,34-/m1/s1. The average Bonchev–Trinajstić information content (AvgIpc) is 3.84. The minimum absolute atomic E-state index is 0.0918. The highest BCUT2D eigenvalue weighted by Crippen LogP contribution is 2.53. The number of carbonyl (C=O) groups is 2. The van der Waals surface area contributed by atoms with Crippen LogP contribution in [-0.4, -0.2) is 41.6 Å². The Morgan fingerprint density at radius 3 is 2.54 bits per heavy atom. The van der Waals surface area contributed by atoms with Gasteiger partial charge in [-0.05, 0) is 107 Å². The van der Waals surface area contributed by atoms with Crippen LogP contribution in [0.1, 0.15) is 85.6 Å². The number of nitrogens with one attached hydrogen (secondary N) is 1. The fourth-order valence-corrected chi connectivity index (χ4v) is 8.36. The van der Waals surface area contributed by atoms with Crippen LogP contribution in [0.4, 0.5) is 24.5 Å². The highest BCUT2D eigenvalue weighted by molar-refractivity contribution is 6.03. The number of amides is 2. The minimum Gasteiger partial charge on any atom is -0.426 e. The van der Waals surface area contributed by atoms with Gasteiger partial charge in [0.05, 0.1) is 0 Å². The molecule has 4 aromatic rings. The van der Waals surface area contributed by atoms with Gasteiger partial charge in [-0.3, -0.25) is 9.59 Å². The summed E-state index contributed by atoms with van der Waals surface area (Å²) in [5.74, 6) is -1.96. The van der Waals surface area contributed by atoms with Crippen molar-refractivity contribution in [2.45, 2.75) is 69.2 Å². The largest absolute Gasteiger partial charge is 0.426 e. The summed E-state index contributed by atoms with van der Waals surface area (Å²) in [5, 5.41) is 10.7. The molecule has 50 heavy (non-hydrogen) atoms. The predicted octanol–water partition coefficient (Wildman–Crippen LogP) is 7.27. The molecule has 0 radical (unpaired) electrons. The molecule has 2 aliphatic heterocycles. The number of hydrogen-bond donors (Lipinski definition) is 1. The Kier molecular flexibility index (Phi) is 9.00. The van der Waals surface area contributed by atoms with Gasteiger partial charge in [-0.25, -0.2) is 13.2 Å². The van der Waals surface area contributed by atoms with Crippen LogP contribution in [0.5, 0.6) is 0 Å². The van der Waals surface area contributed by atoms with E-state index in [1.807, 2.05) is 17.0 Å². The van der Waals surface area contributed by atoms with E-state index in [0.29, 0.717) is 24.4 Å². The van der Waals surface area contributed by atoms with Crippen molar-refractivity contribution in [2.75, 3.05) is 29.4 Å². The van der Waals surface area contributed by atoms with Crippen molar-refractivity contribution in [3.05, 3.63) is 119 Å². The Labute approximate surface area is 289 Å². The molecule has 11 heteroatoms. The number of aromatic nitrogens is 2. The maximum Gasteiger partial charge on any atom is 0.250 e. The first kappa shape index (κ1) is 33.6. The summed E-state index contributed by atoms with van der Waals surface area (Å²) in [4.78, 5) is 30.4. The molecule has 1 spiro atoms. The summed E-state index contributed by atoms with van der Waals surface area (Å²) in [7, 11) is 0. The molecular formula is C39H40F3N5O3. The Morgan fingerprint density at radius 2 is 1.84 bits per heavy atom. The maximum absolute atomic E-state index is 14.8. The zero-order valence-electron chi connectivity index (χ0n) is 28.2. The molecule has 3 aromatic carbocycles. The molecule has 0 saturated carbocycles. The minimum atomic E-state index is -0.980. The normalized spacial score (nSPS) is 19.8. The van der Waals surface area contributed by atoms with Gasteiger partial charge in [-0.2, -0.15) is 0 Å². The summed E-state index contributed by atoms with van der Waals surface area (Å²) < 4.78 is 47.7. The van der Waals surface area contributed by atoms with Gasteiger partial charge in [-0.15, -0.1) is 10.2 Å². The highest BCUT2D eigenvalue weighted by atomic mass is 19.2.